The first-order valence-corrected chi connectivity index (χ1v) is 5.68. The Kier molecular flexibility index (Phi) is 3.26. The number of hydrogen-bond donors (Lipinski definition) is 1. The van der Waals surface area contributed by atoms with Crippen molar-refractivity contribution in [1.29, 1.82) is 0 Å². The highest BCUT2D eigenvalue weighted by Crippen LogP contribution is 2.15. The topological polar surface area (TPSA) is 127 Å². The van der Waals surface area contributed by atoms with E-state index in [0.29, 0.717) is 0 Å². The number of hydrogen-bond acceptors (Lipinski definition) is 7. The highest BCUT2D eigenvalue weighted by atomic mass is 16.3. The van der Waals surface area contributed by atoms with Crippen LogP contribution >= 0.6 is 0 Å². The molecule has 0 aromatic carbocycles. The molecule has 1 unspecified atom stereocenters. The van der Waals surface area contributed by atoms with E-state index in [9.17, 15) is 19.3 Å². The molecule has 0 aliphatic rings. The van der Waals surface area contributed by atoms with Crippen molar-refractivity contribution in [3.63, 3.8) is 0 Å². The molecule has 104 valence electrons. The van der Waals surface area contributed by atoms with Crippen molar-refractivity contribution in [2.75, 3.05) is 0 Å². The van der Waals surface area contributed by atoms with Gasteiger partial charge in [-0.05, 0) is 19.0 Å². The normalized spacial score (nSPS) is 13.9. The number of fused-ring (bicyclic) bond motifs is 1. The monoisotopic (exact) mass is 277 g/mol. The second kappa shape index (κ2) is 4.76. The SMILES string of the molecule is CC(=O)C(C)(N=O)C(=O)Cn1ncc2c(=O)[nH]cnc21. The van der Waals surface area contributed by atoms with Crippen LogP contribution in [0.25, 0.3) is 11.0 Å². The Morgan fingerprint density at radius 2 is 2.20 bits per heavy atom. The zero-order valence-corrected chi connectivity index (χ0v) is 10.8. The highest BCUT2D eigenvalue weighted by molar-refractivity contribution is 6.10. The average molecular weight is 277 g/mol. The lowest BCUT2D eigenvalue weighted by Crippen LogP contribution is -2.42. The van der Waals surface area contributed by atoms with E-state index in [0.717, 1.165) is 18.5 Å². The molecule has 0 aliphatic carbocycles. The van der Waals surface area contributed by atoms with Crippen LogP contribution in [-0.4, -0.2) is 36.9 Å². The average Bonchev–Trinajstić information content (AvgIpc) is 2.82. The minimum absolute atomic E-state index is 0.193. The van der Waals surface area contributed by atoms with E-state index in [1.54, 1.807) is 0 Å². The van der Waals surface area contributed by atoms with Crippen LogP contribution in [0.3, 0.4) is 0 Å². The fraction of sp³-hybridized carbons (Fsp3) is 0.364. The molecule has 0 bridgehead atoms. The molecular weight excluding hydrogens is 266 g/mol. The second-order valence-electron chi connectivity index (χ2n) is 4.41. The Hall–Kier alpha value is -2.71. The van der Waals surface area contributed by atoms with Gasteiger partial charge in [0.15, 0.2) is 17.2 Å². The maximum absolute atomic E-state index is 12.0. The van der Waals surface area contributed by atoms with Gasteiger partial charge in [-0.15, -0.1) is 4.91 Å². The summed E-state index contributed by atoms with van der Waals surface area (Å²) in [5, 5.41) is 6.69. The van der Waals surface area contributed by atoms with Crippen molar-refractivity contribution in [2.45, 2.75) is 25.9 Å². The summed E-state index contributed by atoms with van der Waals surface area (Å²) >= 11 is 0. The lowest BCUT2D eigenvalue weighted by atomic mass is 9.93. The van der Waals surface area contributed by atoms with Gasteiger partial charge in [0.25, 0.3) is 5.56 Å². The molecule has 9 heteroatoms. The van der Waals surface area contributed by atoms with Crippen LogP contribution in [0.15, 0.2) is 22.5 Å². The van der Waals surface area contributed by atoms with E-state index < -0.39 is 22.7 Å². The number of nitrogens with one attached hydrogen (secondary N) is 1. The second-order valence-corrected chi connectivity index (χ2v) is 4.41. The summed E-state index contributed by atoms with van der Waals surface area (Å²) in [6, 6.07) is 0. The number of carbonyl (C=O) groups is 2. The van der Waals surface area contributed by atoms with Crippen LogP contribution in [0.5, 0.6) is 0 Å². The van der Waals surface area contributed by atoms with E-state index in [4.69, 9.17) is 0 Å². The fourth-order valence-corrected chi connectivity index (χ4v) is 1.62. The summed E-state index contributed by atoms with van der Waals surface area (Å²) in [7, 11) is 0. The van der Waals surface area contributed by atoms with Gasteiger partial charge in [-0.2, -0.15) is 5.10 Å². The van der Waals surface area contributed by atoms with E-state index in [-0.39, 0.29) is 17.6 Å². The van der Waals surface area contributed by atoms with E-state index >= 15 is 0 Å². The molecule has 1 N–H and O–H groups in total. The number of aromatic amines is 1. The minimum atomic E-state index is -1.96. The predicted molar refractivity (Wildman–Crippen MR) is 68.0 cm³/mol. The molecule has 2 rings (SSSR count). The maximum Gasteiger partial charge on any atom is 0.261 e. The summed E-state index contributed by atoms with van der Waals surface area (Å²) in [6.07, 6.45) is 2.43. The Bertz CT molecular complexity index is 762. The summed E-state index contributed by atoms with van der Waals surface area (Å²) in [5.74, 6) is -1.37. The third-order valence-corrected chi connectivity index (χ3v) is 3.14. The Morgan fingerprint density at radius 1 is 1.50 bits per heavy atom. The van der Waals surface area contributed by atoms with E-state index in [2.05, 4.69) is 20.2 Å². The van der Waals surface area contributed by atoms with Crippen LogP contribution in [-0.2, 0) is 16.1 Å². The van der Waals surface area contributed by atoms with Gasteiger partial charge in [-0.3, -0.25) is 14.4 Å². The minimum Gasteiger partial charge on any atom is -0.312 e. The molecular formula is C11H11N5O4. The number of carbonyl (C=O) groups excluding carboxylic acids is 2. The number of aromatic nitrogens is 4. The van der Waals surface area contributed by atoms with Crippen molar-refractivity contribution in [1.82, 2.24) is 19.7 Å². The van der Waals surface area contributed by atoms with Crippen molar-refractivity contribution < 1.29 is 9.59 Å². The van der Waals surface area contributed by atoms with Gasteiger partial charge in [0.2, 0.25) is 5.54 Å². The van der Waals surface area contributed by atoms with Crippen molar-refractivity contribution >= 4 is 22.6 Å². The van der Waals surface area contributed by atoms with Gasteiger partial charge in [0.1, 0.15) is 11.9 Å². The molecule has 9 nitrogen and oxygen atoms in total. The number of H-pyrrole nitrogens is 1. The van der Waals surface area contributed by atoms with Gasteiger partial charge in [0, 0.05) is 0 Å². The zero-order chi connectivity index (χ0) is 14.9. The molecule has 0 saturated heterocycles. The first-order valence-electron chi connectivity index (χ1n) is 5.68. The Morgan fingerprint density at radius 3 is 2.80 bits per heavy atom. The fourth-order valence-electron chi connectivity index (χ4n) is 1.62. The maximum atomic E-state index is 12.0. The molecule has 0 spiro atoms. The van der Waals surface area contributed by atoms with Crippen molar-refractivity contribution in [3.8, 4) is 0 Å². The summed E-state index contributed by atoms with van der Waals surface area (Å²) in [4.78, 5) is 51.9. The number of nitrogens with zero attached hydrogens (tertiary/aromatic N) is 4. The van der Waals surface area contributed by atoms with Crippen LogP contribution in [0, 0.1) is 4.91 Å². The summed E-state index contributed by atoms with van der Waals surface area (Å²) in [5.41, 5.74) is -2.16. The zero-order valence-electron chi connectivity index (χ0n) is 10.8. The molecule has 0 amide bonds. The number of ketones is 2. The van der Waals surface area contributed by atoms with Gasteiger partial charge in [-0.1, -0.05) is 0 Å². The first kappa shape index (κ1) is 13.7. The number of Topliss-reactive ketones (excluding diaryl/α,β-unsaturated/α-hetero) is 2. The molecule has 1 atom stereocenters. The molecule has 0 radical (unpaired) electrons. The lowest BCUT2D eigenvalue weighted by Gasteiger charge is -2.16. The molecule has 0 aliphatic heterocycles. The quantitative estimate of drug-likeness (QED) is 0.595. The molecule has 2 aromatic heterocycles. The number of rotatable bonds is 5. The third-order valence-electron chi connectivity index (χ3n) is 3.14. The molecule has 0 saturated carbocycles. The molecule has 20 heavy (non-hydrogen) atoms. The molecule has 2 heterocycles. The van der Waals surface area contributed by atoms with Gasteiger partial charge >= 0.3 is 0 Å². The van der Waals surface area contributed by atoms with Crippen LogP contribution in [0.2, 0.25) is 0 Å². The molecule has 2 aromatic rings. The van der Waals surface area contributed by atoms with E-state index in [1.807, 2.05) is 0 Å². The third kappa shape index (κ3) is 2.02. The Balaban J connectivity index is 2.41. The lowest BCUT2D eigenvalue weighted by molar-refractivity contribution is -0.133. The standard InChI is InChI=1S/C11H11N5O4/c1-6(17)11(2,15-20)8(18)4-16-9-7(3-14-16)10(19)13-5-12-9/h3,5H,4H2,1-2H3,(H,12,13,19). The van der Waals surface area contributed by atoms with Crippen molar-refractivity contribution in [3.05, 3.63) is 27.8 Å². The van der Waals surface area contributed by atoms with Gasteiger partial charge in [0.05, 0.1) is 12.5 Å². The Labute approximate surface area is 112 Å². The molecule has 0 fully saturated rings. The van der Waals surface area contributed by atoms with Gasteiger partial charge < -0.3 is 4.98 Å². The predicted octanol–water partition coefficient (Wildman–Crippen LogP) is -0.197. The highest BCUT2D eigenvalue weighted by Gasteiger charge is 2.40. The van der Waals surface area contributed by atoms with Crippen molar-refractivity contribution in [2.24, 2.45) is 5.18 Å². The van der Waals surface area contributed by atoms with Gasteiger partial charge in [-0.25, -0.2) is 9.67 Å². The number of nitroso groups, excluding NO2 is 1. The van der Waals surface area contributed by atoms with Crippen LogP contribution in [0.1, 0.15) is 13.8 Å². The largest absolute Gasteiger partial charge is 0.312 e. The first-order chi connectivity index (χ1) is 9.40. The van der Waals surface area contributed by atoms with Crippen LogP contribution < -0.4 is 5.56 Å². The smallest absolute Gasteiger partial charge is 0.261 e. The summed E-state index contributed by atoms with van der Waals surface area (Å²) in [6.45, 7) is 1.89. The summed E-state index contributed by atoms with van der Waals surface area (Å²) < 4.78 is 1.15. The van der Waals surface area contributed by atoms with Crippen LogP contribution in [0.4, 0.5) is 0 Å². The van der Waals surface area contributed by atoms with E-state index in [1.165, 1.54) is 12.5 Å².